The van der Waals surface area contributed by atoms with Gasteiger partial charge in [0.1, 0.15) is 5.75 Å². The molecular weight excluding hydrogens is 418 g/mol. The molecule has 0 bridgehead atoms. The van der Waals surface area contributed by atoms with Gasteiger partial charge in [-0.05, 0) is 54.3 Å². The van der Waals surface area contributed by atoms with Crippen molar-refractivity contribution in [1.82, 2.24) is 4.90 Å². The molecule has 33 heavy (non-hydrogen) atoms. The molecule has 174 valence electrons. The number of ether oxygens (including phenoxy) is 1. The minimum Gasteiger partial charge on any atom is -0.497 e. The zero-order valence-electron chi connectivity index (χ0n) is 19.0. The van der Waals surface area contributed by atoms with Gasteiger partial charge in [0.25, 0.3) is 0 Å². The number of likely N-dealkylation sites (tertiary alicyclic amines) is 1. The van der Waals surface area contributed by atoms with Crippen molar-refractivity contribution in [2.75, 3.05) is 25.5 Å². The van der Waals surface area contributed by atoms with Crippen LogP contribution in [0.15, 0.2) is 54.6 Å². The second kappa shape index (κ2) is 12.0. The highest BCUT2D eigenvalue weighted by molar-refractivity contribution is 5.98. The van der Waals surface area contributed by atoms with Gasteiger partial charge in [0.2, 0.25) is 11.8 Å². The van der Waals surface area contributed by atoms with Crippen molar-refractivity contribution >= 4 is 29.4 Å². The molecule has 1 aliphatic rings. The van der Waals surface area contributed by atoms with Crippen LogP contribution in [0.2, 0.25) is 0 Å². The number of carbonyl (C=O) groups excluding carboxylic acids is 3. The predicted octanol–water partition coefficient (Wildman–Crippen LogP) is 3.39. The van der Waals surface area contributed by atoms with E-state index in [0.717, 1.165) is 29.7 Å². The number of hydrogen-bond donors (Lipinski definition) is 2. The van der Waals surface area contributed by atoms with Crippen LogP contribution >= 0.6 is 0 Å². The number of amides is 2. The first-order valence-corrected chi connectivity index (χ1v) is 11.2. The average Bonchev–Trinajstić information content (AvgIpc) is 2.99. The van der Waals surface area contributed by atoms with Crippen molar-refractivity contribution in [3.8, 4) is 5.75 Å². The fourth-order valence-electron chi connectivity index (χ4n) is 3.90. The third kappa shape index (κ3) is 7.29. The largest absolute Gasteiger partial charge is 0.497 e. The fourth-order valence-corrected chi connectivity index (χ4v) is 3.90. The lowest BCUT2D eigenvalue weighted by molar-refractivity contribution is -0.139. The van der Waals surface area contributed by atoms with Gasteiger partial charge in [-0.15, -0.1) is 0 Å². The molecular formula is C26H31N3O4. The lowest BCUT2D eigenvalue weighted by Gasteiger charge is -2.23. The molecule has 2 aromatic carbocycles. The molecule has 7 heteroatoms. The molecule has 1 unspecified atom stereocenters. The number of hydrogen-bond acceptors (Lipinski definition) is 5. The molecule has 1 heterocycles. The average molecular weight is 450 g/mol. The molecule has 7 nitrogen and oxygen atoms in total. The number of nitrogens with zero attached hydrogens (tertiary/aromatic N) is 1. The van der Waals surface area contributed by atoms with Gasteiger partial charge in [-0.2, -0.15) is 0 Å². The molecule has 1 saturated heterocycles. The second-order valence-electron chi connectivity index (χ2n) is 8.18. The van der Waals surface area contributed by atoms with Gasteiger partial charge >= 0.3 is 0 Å². The number of rotatable bonds is 9. The summed E-state index contributed by atoms with van der Waals surface area (Å²) in [6, 6.07) is 14.7. The van der Waals surface area contributed by atoms with E-state index < -0.39 is 5.92 Å². The second-order valence-corrected chi connectivity index (χ2v) is 8.18. The van der Waals surface area contributed by atoms with Crippen LogP contribution in [-0.2, 0) is 20.9 Å². The Morgan fingerprint density at radius 2 is 1.97 bits per heavy atom. The molecule has 3 N–H and O–H groups in total. The van der Waals surface area contributed by atoms with Crippen LogP contribution in [0.25, 0.3) is 6.08 Å². The number of ketones is 1. The highest BCUT2D eigenvalue weighted by Gasteiger charge is 2.29. The van der Waals surface area contributed by atoms with Gasteiger partial charge in [0.15, 0.2) is 5.78 Å². The van der Waals surface area contributed by atoms with Gasteiger partial charge in [-0.1, -0.05) is 36.8 Å². The Balaban J connectivity index is 1.56. The highest BCUT2D eigenvalue weighted by Crippen LogP contribution is 2.22. The van der Waals surface area contributed by atoms with Crippen LogP contribution in [0.4, 0.5) is 5.69 Å². The first-order valence-electron chi connectivity index (χ1n) is 11.2. The molecule has 3 rings (SSSR count). The maximum absolute atomic E-state index is 13.1. The van der Waals surface area contributed by atoms with Crippen LogP contribution in [0, 0.1) is 5.92 Å². The van der Waals surface area contributed by atoms with Gasteiger partial charge in [0.05, 0.1) is 13.7 Å². The van der Waals surface area contributed by atoms with Crippen molar-refractivity contribution in [3.05, 3.63) is 65.7 Å². The van der Waals surface area contributed by atoms with Crippen LogP contribution in [-0.4, -0.2) is 42.7 Å². The maximum Gasteiger partial charge on any atom is 0.243 e. The number of nitrogens with two attached hydrogens (primary N) is 1. The third-order valence-corrected chi connectivity index (χ3v) is 5.70. The van der Waals surface area contributed by atoms with E-state index in [2.05, 4.69) is 5.32 Å². The Hall–Kier alpha value is -3.45. The zero-order valence-corrected chi connectivity index (χ0v) is 19.0. The molecule has 0 spiro atoms. The number of methoxy groups -OCH3 is 1. The quantitative estimate of drug-likeness (QED) is 0.572. The van der Waals surface area contributed by atoms with Gasteiger partial charge in [0, 0.05) is 31.1 Å². The summed E-state index contributed by atoms with van der Waals surface area (Å²) in [6.45, 7) is 0.872. The lowest BCUT2D eigenvalue weighted by Crippen LogP contribution is -2.41. The summed E-state index contributed by atoms with van der Waals surface area (Å²) in [4.78, 5) is 39.7. The molecule has 0 saturated carbocycles. The van der Waals surface area contributed by atoms with E-state index in [1.807, 2.05) is 42.5 Å². The monoisotopic (exact) mass is 449 g/mol. The van der Waals surface area contributed by atoms with Gasteiger partial charge in [-0.25, -0.2) is 0 Å². The summed E-state index contributed by atoms with van der Waals surface area (Å²) in [7, 11) is 1.60. The van der Waals surface area contributed by atoms with E-state index in [4.69, 9.17) is 10.5 Å². The SMILES string of the molecule is COc1ccc(/C=C/C(=O)CC2CCCCN(CC(=O)Nc3cccc(CN)c3)C2=O)cc1. The Labute approximate surface area is 194 Å². The molecule has 0 aromatic heterocycles. The molecule has 2 amide bonds. The van der Waals surface area contributed by atoms with Crippen molar-refractivity contribution in [1.29, 1.82) is 0 Å². The first kappa shape index (κ1) is 24.2. The van der Waals surface area contributed by atoms with E-state index in [-0.39, 0.29) is 30.6 Å². The van der Waals surface area contributed by atoms with Crippen molar-refractivity contribution < 1.29 is 19.1 Å². The molecule has 0 aliphatic carbocycles. The first-order chi connectivity index (χ1) is 16.0. The van der Waals surface area contributed by atoms with Crippen molar-refractivity contribution in [3.63, 3.8) is 0 Å². The number of benzene rings is 2. The molecule has 0 radical (unpaired) electrons. The van der Waals surface area contributed by atoms with E-state index in [9.17, 15) is 14.4 Å². The highest BCUT2D eigenvalue weighted by atomic mass is 16.5. The molecule has 1 aliphatic heterocycles. The van der Waals surface area contributed by atoms with Gasteiger partial charge < -0.3 is 20.7 Å². The third-order valence-electron chi connectivity index (χ3n) is 5.70. The standard InChI is InChI=1S/C26H31N3O4/c1-33-24-12-9-19(10-13-24)8-11-23(30)16-21-6-2-3-14-29(26(21)32)18-25(31)28-22-7-4-5-20(15-22)17-27/h4-5,7-13,15,21H,2-3,6,14,16-18,27H2,1H3,(H,28,31)/b11-8+. The lowest BCUT2D eigenvalue weighted by atomic mass is 9.96. The van der Waals surface area contributed by atoms with E-state index in [1.165, 1.54) is 6.08 Å². The van der Waals surface area contributed by atoms with E-state index in [1.54, 1.807) is 24.2 Å². The predicted molar refractivity (Wildman–Crippen MR) is 129 cm³/mol. The number of nitrogens with one attached hydrogen (secondary N) is 1. The van der Waals surface area contributed by atoms with Crippen LogP contribution in [0.3, 0.4) is 0 Å². The summed E-state index contributed by atoms with van der Waals surface area (Å²) in [5.41, 5.74) is 8.11. The van der Waals surface area contributed by atoms with Crippen molar-refractivity contribution in [2.24, 2.45) is 11.7 Å². The summed E-state index contributed by atoms with van der Waals surface area (Å²) in [6.07, 6.45) is 5.71. The Kier molecular flexibility index (Phi) is 8.78. The summed E-state index contributed by atoms with van der Waals surface area (Å²) in [5, 5.41) is 2.83. The smallest absolute Gasteiger partial charge is 0.243 e. The minimum absolute atomic E-state index is 0.0297. The van der Waals surface area contributed by atoms with E-state index in [0.29, 0.717) is 25.2 Å². The summed E-state index contributed by atoms with van der Waals surface area (Å²) < 4.78 is 5.13. The Bertz CT molecular complexity index is 1000. The fraction of sp³-hybridized carbons (Fsp3) is 0.346. The van der Waals surface area contributed by atoms with E-state index >= 15 is 0 Å². The van der Waals surface area contributed by atoms with Gasteiger partial charge in [-0.3, -0.25) is 14.4 Å². The van der Waals surface area contributed by atoms with Crippen molar-refractivity contribution in [2.45, 2.75) is 32.2 Å². The topological polar surface area (TPSA) is 102 Å². The van der Waals surface area contributed by atoms with Crippen LogP contribution < -0.4 is 15.8 Å². The van der Waals surface area contributed by atoms with Crippen LogP contribution in [0.1, 0.15) is 36.8 Å². The number of carbonyl (C=O) groups is 3. The van der Waals surface area contributed by atoms with Crippen LogP contribution in [0.5, 0.6) is 5.75 Å². The molecule has 2 aromatic rings. The summed E-state index contributed by atoms with van der Waals surface area (Å²) >= 11 is 0. The zero-order chi connectivity index (χ0) is 23.6. The maximum atomic E-state index is 13.1. The minimum atomic E-state index is -0.408. The molecule has 1 atom stereocenters. The number of allylic oxidation sites excluding steroid dienone is 1. The number of anilines is 1. The molecule has 1 fully saturated rings. The Morgan fingerprint density at radius 3 is 2.70 bits per heavy atom. The summed E-state index contributed by atoms with van der Waals surface area (Å²) in [5.74, 6) is -0.157. The Morgan fingerprint density at radius 1 is 1.18 bits per heavy atom. The normalized spacial score (nSPS) is 16.5.